The van der Waals surface area contributed by atoms with E-state index in [0.717, 1.165) is 37.7 Å². The van der Waals surface area contributed by atoms with Crippen LogP contribution in [0.2, 0.25) is 0 Å². The van der Waals surface area contributed by atoms with E-state index in [2.05, 4.69) is 0 Å². The molecule has 0 aliphatic heterocycles. The summed E-state index contributed by atoms with van der Waals surface area (Å²) in [6, 6.07) is 7.34. The van der Waals surface area contributed by atoms with E-state index in [9.17, 15) is 9.59 Å². The van der Waals surface area contributed by atoms with Gasteiger partial charge in [-0.2, -0.15) is 0 Å². The summed E-state index contributed by atoms with van der Waals surface area (Å²) in [5.74, 6) is -1.15. The third kappa shape index (κ3) is 4.04. The second kappa shape index (κ2) is 7.22. The molecular formula is C16H22N2O3. The predicted molar refractivity (Wildman–Crippen MR) is 80.1 cm³/mol. The van der Waals surface area contributed by atoms with E-state index in [1.165, 1.54) is 4.90 Å². The third-order valence-electron chi connectivity index (χ3n) is 3.97. The highest BCUT2D eigenvalue weighted by Gasteiger charge is 2.28. The van der Waals surface area contributed by atoms with Crippen LogP contribution in [0.1, 0.15) is 41.6 Å². The average Bonchev–Trinajstić information content (AvgIpc) is 2.99. The Kier molecular flexibility index (Phi) is 5.33. The van der Waals surface area contributed by atoms with Crippen LogP contribution < -0.4 is 5.73 Å². The van der Waals surface area contributed by atoms with Gasteiger partial charge in [-0.05, 0) is 43.5 Å². The zero-order chi connectivity index (χ0) is 15.2. The fourth-order valence-electron chi connectivity index (χ4n) is 2.87. The Morgan fingerprint density at radius 3 is 2.33 bits per heavy atom. The Labute approximate surface area is 124 Å². The summed E-state index contributed by atoms with van der Waals surface area (Å²) in [6.07, 6.45) is 4.68. The monoisotopic (exact) mass is 290 g/mol. The lowest BCUT2D eigenvalue weighted by Crippen LogP contribution is -2.42. The first kappa shape index (κ1) is 15.5. The maximum Gasteiger partial charge on any atom is 0.323 e. The van der Waals surface area contributed by atoms with E-state index in [1.54, 1.807) is 12.1 Å². The molecule has 1 aliphatic carbocycles. The first-order valence-corrected chi connectivity index (χ1v) is 7.43. The molecule has 114 valence electrons. The zero-order valence-electron chi connectivity index (χ0n) is 12.1. The molecule has 3 N–H and O–H groups in total. The van der Waals surface area contributed by atoms with Crippen molar-refractivity contribution in [2.45, 2.75) is 38.1 Å². The molecule has 0 heterocycles. The van der Waals surface area contributed by atoms with Gasteiger partial charge in [0.1, 0.15) is 6.54 Å². The molecule has 2 rings (SSSR count). The van der Waals surface area contributed by atoms with Crippen LogP contribution in [0.25, 0.3) is 0 Å². The largest absolute Gasteiger partial charge is 0.480 e. The highest BCUT2D eigenvalue weighted by Crippen LogP contribution is 2.25. The highest BCUT2D eigenvalue weighted by atomic mass is 16.4. The first-order valence-electron chi connectivity index (χ1n) is 7.43. The molecule has 0 saturated heterocycles. The molecule has 21 heavy (non-hydrogen) atoms. The molecule has 1 aromatic rings. The molecule has 0 bridgehead atoms. The van der Waals surface area contributed by atoms with E-state index in [4.69, 9.17) is 10.8 Å². The zero-order valence-corrected chi connectivity index (χ0v) is 12.1. The minimum atomic E-state index is -0.963. The fourth-order valence-corrected chi connectivity index (χ4v) is 2.87. The van der Waals surface area contributed by atoms with Crippen LogP contribution in [0.5, 0.6) is 0 Å². The smallest absolute Gasteiger partial charge is 0.323 e. The van der Waals surface area contributed by atoms with Crippen molar-refractivity contribution >= 4 is 11.9 Å². The maximum atomic E-state index is 12.6. The first-order chi connectivity index (χ1) is 10.1. The van der Waals surface area contributed by atoms with Gasteiger partial charge < -0.3 is 15.7 Å². The summed E-state index contributed by atoms with van der Waals surface area (Å²) in [5.41, 5.74) is 7.13. The summed E-state index contributed by atoms with van der Waals surface area (Å²) in [5, 5.41) is 9.05. The lowest BCUT2D eigenvalue weighted by atomic mass is 10.1. The molecule has 5 nitrogen and oxygen atoms in total. The van der Waals surface area contributed by atoms with Crippen molar-refractivity contribution in [3.63, 3.8) is 0 Å². The van der Waals surface area contributed by atoms with Gasteiger partial charge in [-0.15, -0.1) is 0 Å². The quantitative estimate of drug-likeness (QED) is 0.834. The number of carboxylic acids is 1. The van der Waals surface area contributed by atoms with Gasteiger partial charge in [0.2, 0.25) is 0 Å². The predicted octanol–water partition coefficient (Wildman–Crippen LogP) is 1.66. The number of hydrogen-bond donors (Lipinski definition) is 2. The Morgan fingerprint density at radius 1 is 1.19 bits per heavy atom. The number of carbonyl (C=O) groups is 2. The minimum Gasteiger partial charge on any atom is -0.480 e. The second-order valence-electron chi connectivity index (χ2n) is 5.50. The second-order valence-corrected chi connectivity index (χ2v) is 5.50. The van der Waals surface area contributed by atoms with Gasteiger partial charge in [0.15, 0.2) is 0 Å². The van der Waals surface area contributed by atoms with Crippen molar-refractivity contribution in [2.24, 2.45) is 5.73 Å². The van der Waals surface area contributed by atoms with Gasteiger partial charge in [0.25, 0.3) is 5.91 Å². The fraction of sp³-hybridized carbons (Fsp3) is 0.500. The average molecular weight is 290 g/mol. The molecular weight excluding hydrogens is 268 g/mol. The Morgan fingerprint density at radius 2 is 1.81 bits per heavy atom. The lowest BCUT2D eigenvalue weighted by molar-refractivity contribution is -0.138. The number of carboxylic acid groups (broad SMARTS) is 1. The molecule has 0 atom stereocenters. The molecule has 1 fully saturated rings. The summed E-state index contributed by atoms with van der Waals surface area (Å²) in [4.78, 5) is 25.1. The standard InChI is InChI=1S/C16H22N2O3/c17-10-9-12-5-7-13(8-6-12)16(21)18(11-15(19)20)14-3-1-2-4-14/h5-8,14H,1-4,9-11,17H2,(H,19,20). The molecule has 0 aromatic heterocycles. The number of aliphatic carboxylic acids is 1. The minimum absolute atomic E-state index is 0.0531. The van der Waals surface area contributed by atoms with Crippen molar-refractivity contribution in [1.82, 2.24) is 4.90 Å². The molecule has 0 radical (unpaired) electrons. The van der Waals surface area contributed by atoms with Crippen molar-refractivity contribution in [3.8, 4) is 0 Å². The van der Waals surface area contributed by atoms with Crippen LogP contribution in [-0.4, -0.2) is 41.0 Å². The number of benzene rings is 1. The van der Waals surface area contributed by atoms with Crippen molar-refractivity contribution in [1.29, 1.82) is 0 Å². The van der Waals surface area contributed by atoms with Gasteiger partial charge in [-0.1, -0.05) is 25.0 Å². The Hall–Kier alpha value is -1.88. The summed E-state index contributed by atoms with van der Waals surface area (Å²) in [6.45, 7) is 0.342. The number of carbonyl (C=O) groups excluding carboxylic acids is 1. The molecule has 0 unspecified atom stereocenters. The van der Waals surface area contributed by atoms with Crippen LogP contribution >= 0.6 is 0 Å². The lowest BCUT2D eigenvalue weighted by Gasteiger charge is -2.27. The molecule has 0 spiro atoms. The van der Waals surface area contributed by atoms with Gasteiger partial charge in [-0.3, -0.25) is 9.59 Å². The number of nitrogens with two attached hydrogens (primary N) is 1. The molecule has 1 aromatic carbocycles. The van der Waals surface area contributed by atoms with Gasteiger partial charge >= 0.3 is 5.97 Å². The van der Waals surface area contributed by atoms with E-state index in [-0.39, 0.29) is 18.5 Å². The number of hydrogen-bond acceptors (Lipinski definition) is 3. The van der Waals surface area contributed by atoms with Crippen LogP contribution in [0.15, 0.2) is 24.3 Å². The van der Waals surface area contributed by atoms with E-state index >= 15 is 0 Å². The normalized spacial score (nSPS) is 15.1. The third-order valence-corrected chi connectivity index (χ3v) is 3.97. The van der Waals surface area contributed by atoms with E-state index in [1.807, 2.05) is 12.1 Å². The number of nitrogens with zero attached hydrogens (tertiary/aromatic N) is 1. The van der Waals surface area contributed by atoms with Crippen LogP contribution in [0.4, 0.5) is 0 Å². The summed E-state index contributed by atoms with van der Waals surface area (Å²) >= 11 is 0. The van der Waals surface area contributed by atoms with E-state index in [0.29, 0.717) is 12.1 Å². The summed E-state index contributed by atoms with van der Waals surface area (Å²) < 4.78 is 0. The molecule has 5 heteroatoms. The van der Waals surface area contributed by atoms with E-state index < -0.39 is 5.97 Å². The van der Waals surface area contributed by atoms with Gasteiger partial charge in [0, 0.05) is 11.6 Å². The van der Waals surface area contributed by atoms with Crippen LogP contribution in [0.3, 0.4) is 0 Å². The maximum absolute atomic E-state index is 12.6. The topological polar surface area (TPSA) is 83.6 Å². The Bertz CT molecular complexity index is 493. The molecule has 1 amide bonds. The Balaban J connectivity index is 2.14. The highest BCUT2D eigenvalue weighted by molar-refractivity contribution is 5.96. The summed E-state index contributed by atoms with van der Waals surface area (Å²) in [7, 11) is 0. The van der Waals surface area contributed by atoms with Gasteiger partial charge in [-0.25, -0.2) is 0 Å². The molecule has 1 saturated carbocycles. The van der Waals surface area contributed by atoms with Crippen molar-refractivity contribution < 1.29 is 14.7 Å². The van der Waals surface area contributed by atoms with Crippen molar-refractivity contribution in [2.75, 3.05) is 13.1 Å². The van der Waals surface area contributed by atoms with Gasteiger partial charge in [0.05, 0.1) is 0 Å². The number of amides is 1. The molecule has 1 aliphatic rings. The number of rotatable bonds is 6. The SMILES string of the molecule is NCCc1ccc(C(=O)N(CC(=O)O)C2CCCC2)cc1. The van der Waals surface area contributed by atoms with Crippen LogP contribution in [-0.2, 0) is 11.2 Å². The van der Waals surface area contributed by atoms with Crippen molar-refractivity contribution in [3.05, 3.63) is 35.4 Å². The van der Waals surface area contributed by atoms with Crippen LogP contribution in [0, 0.1) is 0 Å².